The minimum Gasteiger partial charge on any atom is -0.497 e. The van der Waals surface area contributed by atoms with Crippen LogP contribution in [0.1, 0.15) is 29.9 Å². The van der Waals surface area contributed by atoms with Gasteiger partial charge in [-0.15, -0.1) is 0 Å². The summed E-state index contributed by atoms with van der Waals surface area (Å²) in [6.07, 6.45) is -0.0565. The van der Waals surface area contributed by atoms with E-state index in [1.807, 2.05) is 60.6 Å². The Balaban J connectivity index is 1.86. The molecule has 3 aromatic rings. The number of nitrogens with zero attached hydrogens (tertiary/aromatic N) is 2. The van der Waals surface area contributed by atoms with Gasteiger partial charge in [0, 0.05) is 24.3 Å². The Kier molecular flexibility index (Phi) is 5.83. The lowest BCUT2D eigenvalue weighted by molar-refractivity contribution is -0.0586. The zero-order valence-corrected chi connectivity index (χ0v) is 18.3. The summed E-state index contributed by atoms with van der Waals surface area (Å²) in [5.74, 6) is 0.275. The molecule has 162 valence electrons. The van der Waals surface area contributed by atoms with Crippen LogP contribution in [0.2, 0.25) is 0 Å². The number of halogens is 1. The fourth-order valence-corrected chi connectivity index (χ4v) is 4.28. The summed E-state index contributed by atoms with van der Waals surface area (Å²) in [5, 5.41) is 0. The summed E-state index contributed by atoms with van der Waals surface area (Å²) >= 11 is 0. The van der Waals surface area contributed by atoms with E-state index in [0.29, 0.717) is 35.8 Å². The molecular weight excluding hydrogens is 395 g/mol. The second kappa shape index (κ2) is 8.55. The molecule has 4 rings (SSSR count). The van der Waals surface area contributed by atoms with E-state index in [2.05, 4.69) is 0 Å². The normalized spacial score (nSPS) is 18.8. The molecule has 1 saturated heterocycles. The first-order valence-corrected chi connectivity index (χ1v) is 10.5. The quantitative estimate of drug-likeness (QED) is 0.604. The highest BCUT2D eigenvalue weighted by atomic mass is 19.1. The van der Waals surface area contributed by atoms with E-state index >= 15 is 0 Å². The van der Waals surface area contributed by atoms with Crippen LogP contribution >= 0.6 is 0 Å². The Morgan fingerprint density at radius 3 is 2.45 bits per heavy atom. The molecule has 2 aromatic carbocycles. The van der Waals surface area contributed by atoms with E-state index in [-0.39, 0.29) is 23.9 Å². The monoisotopic (exact) mass is 422 g/mol. The molecule has 31 heavy (non-hydrogen) atoms. The van der Waals surface area contributed by atoms with Crippen LogP contribution in [0.5, 0.6) is 5.75 Å². The van der Waals surface area contributed by atoms with Crippen LogP contribution in [0.3, 0.4) is 0 Å². The van der Waals surface area contributed by atoms with Crippen molar-refractivity contribution in [2.45, 2.75) is 33.0 Å². The Bertz CT molecular complexity index is 1100. The van der Waals surface area contributed by atoms with Crippen LogP contribution in [-0.2, 0) is 4.74 Å². The Morgan fingerprint density at radius 2 is 1.77 bits per heavy atom. The highest BCUT2D eigenvalue weighted by Gasteiger charge is 2.30. The Hall–Kier alpha value is -3.12. The molecule has 1 aliphatic rings. The van der Waals surface area contributed by atoms with Gasteiger partial charge in [-0.05, 0) is 51.1 Å². The molecule has 0 N–H and O–H groups in total. The van der Waals surface area contributed by atoms with Crippen molar-refractivity contribution in [3.8, 4) is 22.7 Å². The predicted octanol–water partition coefficient (Wildman–Crippen LogP) is 4.85. The first kappa shape index (κ1) is 21.1. The highest BCUT2D eigenvalue weighted by Crippen LogP contribution is 2.33. The number of para-hydroxylation sites is 1. The number of methoxy groups -OCH3 is 1. The second-order valence-corrected chi connectivity index (χ2v) is 8.01. The molecule has 1 fully saturated rings. The van der Waals surface area contributed by atoms with Crippen molar-refractivity contribution in [2.24, 2.45) is 0 Å². The lowest BCUT2D eigenvalue weighted by Crippen LogP contribution is -2.48. The van der Waals surface area contributed by atoms with E-state index in [1.54, 1.807) is 25.3 Å². The lowest BCUT2D eigenvalue weighted by Gasteiger charge is -2.35. The fraction of sp³-hybridized carbons (Fsp3) is 0.320. The van der Waals surface area contributed by atoms with Crippen LogP contribution in [-0.4, -0.2) is 47.8 Å². The zero-order chi connectivity index (χ0) is 22.1. The molecule has 0 saturated carbocycles. The highest BCUT2D eigenvalue weighted by molar-refractivity contribution is 5.97. The van der Waals surface area contributed by atoms with Crippen molar-refractivity contribution in [1.29, 1.82) is 0 Å². The van der Waals surface area contributed by atoms with Crippen LogP contribution in [0, 0.1) is 12.7 Å². The van der Waals surface area contributed by atoms with Gasteiger partial charge in [-0.1, -0.05) is 24.3 Å². The predicted molar refractivity (Wildman–Crippen MR) is 118 cm³/mol. The molecule has 1 aromatic heterocycles. The maximum absolute atomic E-state index is 14.8. The SMILES string of the molecule is COc1cccc(-c2cc(C(=O)N3CC(C)OC(C)C3)c(C)n2-c2ccccc2F)c1. The Morgan fingerprint density at radius 1 is 1.06 bits per heavy atom. The van der Waals surface area contributed by atoms with E-state index in [1.165, 1.54) is 6.07 Å². The number of aromatic nitrogens is 1. The average molecular weight is 423 g/mol. The maximum Gasteiger partial charge on any atom is 0.255 e. The number of amides is 1. The number of morpholine rings is 1. The third-order valence-corrected chi connectivity index (χ3v) is 5.64. The van der Waals surface area contributed by atoms with Crippen molar-refractivity contribution in [3.05, 3.63) is 71.7 Å². The molecule has 1 amide bonds. The van der Waals surface area contributed by atoms with Crippen LogP contribution in [0.25, 0.3) is 16.9 Å². The molecule has 2 atom stereocenters. The molecule has 5 nitrogen and oxygen atoms in total. The smallest absolute Gasteiger partial charge is 0.255 e. The van der Waals surface area contributed by atoms with Gasteiger partial charge in [0.25, 0.3) is 5.91 Å². The van der Waals surface area contributed by atoms with Gasteiger partial charge in [0.05, 0.1) is 36.3 Å². The van der Waals surface area contributed by atoms with Gasteiger partial charge in [-0.25, -0.2) is 4.39 Å². The number of benzene rings is 2. The molecule has 0 bridgehead atoms. The van der Waals surface area contributed by atoms with Crippen molar-refractivity contribution >= 4 is 5.91 Å². The molecular formula is C25H27FN2O3. The van der Waals surface area contributed by atoms with Gasteiger partial charge < -0.3 is 18.9 Å². The van der Waals surface area contributed by atoms with Gasteiger partial charge in [0.1, 0.15) is 11.6 Å². The van der Waals surface area contributed by atoms with Crippen LogP contribution in [0.4, 0.5) is 4.39 Å². The van der Waals surface area contributed by atoms with Crippen molar-refractivity contribution in [3.63, 3.8) is 0 Å². The van der Waals surface area contributed by atoms with E-state index in [9.17, 15) is 9.18 Å². The second-order valence-electron chi connectivity index (χ2n) is 8.01. The van der Waals surface area contributed by atoms with Crippen molar-refractivity contribution in [1.82, 2.24) is 9.47 Å². The van der Waals surface area contributed by atoms with Gasteiger partial charge in [0.2, 0.25) is 0 Å². The van der Waals surface area contributed by atoms with Gasteiger partial charge in [0.15, 0.2) is 0 Å². The summed E-state index contributed by atoms with van der Waals surface area (Å²) in [7, 11) is 1.61. The number of rotatable bonds is 4. The maximum atomic E-state index is 14.8. The molecule has 2 unspecified atom stereocenters. The number of hydrogen-bond acceptors (Lipinski definition) is 3. The van der Waals surface area contributed by atoms with Gasteiger partial charge in [-0.3, -0.25) is 4.79 Å². The third-order valence-electron chi connectivity index (χ3n) is 5.64. The van der Waals surface area contributed by atoms with E-state index in [0.717, 1.165) is 11.3 Å². The topological polar surface area (TPSA) is 43.7 Å². The molecule has 0 radical (unpaired) electrons. The first-order valence-electron chi connectivity index (χ1n) is 10.5. The minimum absolute atomic E-state index is 0.0282. The van der Waals surface area contributed by atoms with Crippen LogP contribution < -0.4 is 4.74 Å². The molecule has 6 heteroatoms. The summed E-state index contributed by atoms with van der Waals surface area (Å²) in [4.78, 5) is 15.3. The largest absolute Gasteiger partial charge is 0.497 e. The van der Waals surface area contributed by atoms with Crippen molar-refractivity contribution in [2.75, 3.05) is 20.2 Å². The number of carbonyl (C=O) groups excluding carboxylic acids is 1. The standard InChI is InChI=1S/C25H27FN2O3/c1-16-14-27(15-17(2)31-16)25(29)21-13-24(19-8-7-9-20(12-19)30-4)28(18(21)3)23-11-6-5-10-22(23)26/h5-13,16-17H,14-15H2,1-4H3. The number of carbonyl (C=O) groups is 1. The molecule has 1 aliphatic heterocycles. The van der Waals surface area contributed by atoms with E-state index < -0.39 is 0 Å². The number of hydrogen-bond donors (Lipinski definition) is 0. The summed E-state index contributed by atoms with van der Waals surface area (Å²) in [6, 6.07) is 16.0. The summed E-state index contributed by atoms with van der Waals surface area (Å²) in [6.45, 7) is 6.85. The minimum atomic E-state index is -0.349. The molecule has 0 aliphatic carbocycles. The van der Waals surface area contributed by atoms with E-state index in [4.69, 9.17) is 9.47 Å². The van der Waals surface area contributed by atoms with Gasteiger partial charge >= 0.3 is 0 Å². The third kappa shape index (κ3) is 4.08. The lowest BCUT2D eigenvalue weighted by atomic mass is 10.1. The van der Waals surface area contributed by atoms with Crippen molar-refractivity contribution < 1.29 is 18.7 Å². The molecule has 0 spiro atoms. The summed E-state index contributed by atoms with van der Waals surface area (Å²) in [5.41, 5.74) is 3.23. The zero-order valence-electron chi connectivity index (χ0n) is 18.3. The average Bonchev–Trinajstić information content (AvgIpc) is 3.10. The number of ether oxygens (including phenoxy) is 2. The fourth-order valence-electron chi connectivity index (χ4n) is 4.28. The van der Waals surface area contributed by atoms with Crippen LogP contribution in [0.15, 0.2) is 54.6 Å². The molecule has 2 heterocycles. The van der Waals surface area contributed by atoms with Gasteiger partial charge in [-0.2, -0.15) is 0 Å². The summed E-state index contributed by atoms with van der Waals surface area (Å²) < 4.78 is 27.8. The first-order chi connectivity index (χ1) is 14.9. The Labute approximate surface area is 182 Å².